The highest BCUT2D eigenvalue weighted by molar-refractivity contribution is 5.79. The molecule has 2 fully saturated rings. The second kappa shape index (κ2) is 5.57. The number of nitrogens with two attached hydrogens (primary N) is 1. The first-order chi connectivity index (χ1) is 8.52. The highest BCUT2D eigenvalue weighted by Gasteiger charge is 2.35. The van der Waals surface area contributed by atoms with Crippen molar-refractivity contribution in [1.29, 1.82) is 0 Å². The first-order valence-corrected chi connectivity index (χ1v) is 7.14. The zero-order valence-corrected chi connectivity index (χ0v) is 11.7. The average Bonchev–Trinajstić information content (AvgIpc) is 2.37. The Balaban J connectivity index is 1.94. The number of ether oxygens (including phenoxy) is 1. The summed E-state index contributed by atoms with van der Waals surface area (Å²) in [5.74, 6) is 1.06. The molecular weight excluding hydrogens is 228 g/mol. The van der Waals surface area contributed by atoms with Crippen LogP contribution in [0.4, 0.5) is 0 Å². The van der Waals surface area contributed by atoms with Gasteiger partial charge in [0.2, 0.25) is 5.91 Å². The monoisotopic (exact) mass is 254 g/mol. The highest BCUT2D eigenvalue weighted by atomic mass is 16.5. The van der Waals surface area contributed by atoms with Crippen molar-refractivity contribution >= 4 is 5.91 Å². The number of rotatable bonds is 2. The zero-order chi connectivity index (χ0) is 13.2. The van der Waals surface area contributed by atoms with Crippen molar-refractivity contribution in [2.24, 2.45) is 17.6 Å². The number of morpholine rings is 1. The molecule has 1 amide bonds. The molecule has 0 aromatic heterocycles. The van der Waals surface area contributed by atoms with Gasteiger partial charge in [-0.3, -0.25) is 4.79 Å². The van der Waals surface area contributed by atoms with E-state index in [0.717, 1.165) is 38.9 Å². The number of hydrogen-bond acceptors (Lipinski definition) is 3. The van der Waals surface area contributed by atoms with Gasteiger partial charge in [0, 0.05) is 19.0 Å². The molecule has 2 N–H and O–H groups in total. The summed E-state index contributed by atoms with van der Waals surface area (Å²) in [5, 5.41) is 0. The van der Waals surface area contributed by atoms with Crippen LogP contribution in [-0.4, -0.2) is 42.6 Å². The van der Waals surface area contributed by atoms with Gasteiger partial charge in [0.25, 0.3) is 0 Å². The Morgan fingerprint density at radius 3 is 2.89 bits per heavy atom. The van der Waals surface area contributed by atoms with E-state index in [-0.39, 0.29) is 11.5 Å². The molecule has 2 rings (SSSR count). The van der Waals surface area contributed by atoms with Crippen molar-refractivity contribution in [2.75, 3.05) is 26.2 Å². The SMILES string of the molecule is CC1(C)CN(C(=O)C2CCCC(CN)C2)CCO1. The van der Waals surface area contributed by atoms with Crippen molar-refractivity contribution in [2.45, 2.75) is 45.1 Å². The smallest absolute Gasteiger partial charge is 0.225 e. The molecular formula is C14H26N2O2. The largest absolute Gasteiger partial charge is 0.372 e. The van der Waals surface area contributed by atoms with Crippen LogP contribution in [0.3, 0.4) is 0 Å². The van der Waals surface area contributed by atoms with E-state index in [2.05, 4.69) is 13.8 Å². The maximum atomic E-state index is 12.5. The molecule has 0 aromatic rings. The first-order valence-electron chi connectivity index (χ1n) is 7.14. The Labute approximate surface area is 110 Å². The van der Waals surface area contributed by atoms with Gasteiger partial charge in [0.05, 0.1) is 12.2 Å². The molecule has 1 heterocycles. The van der Waals surface area contributed by atoms with Gasteiger partial charge in [-0.2, -0.15) is 0 Å². The number of carbonyl (C=O) groups is 1. The van der Waals surface area contributed by atoms with Gasteiger partial charge < -0.3 is 15.4 Å². The van der Waals surface area contributed by atoms with Crippen LogP contribution in [-0.2, 0) is 9.53 Å². The first kappa shape index (κ1) is 13.8. The minimum atomic E-state index is -0.199. The van der Waals surface area contributed by atoms with E-state index in [1.165, 1.54) is 6.42 Å². The molecule has 0 radical (unpaired) electrons. The molecule has 1 aliphatic heterocycles. The fraction of sp³-hybridized carbons (Fsp3) is 0.929. The zero-order valence-electron chi connectivity index (χ0n) is 11.7. The van der Waals surface area contributed by atoms with Crippen LogP contribution in [0.5, 0.6) is 0 Å². The van der Waals surface area contributed by atoms with Gasteiger partial charge in [-0.05, 0) is 45.6 Å². The molecule has 2 aliphatic rings. The Morgan fingerprint density at radius 2 is 2.22 bits per heavy atom. The van der Waals surface area contributed by atoms with Gasteiger partial charge in [0.1, 0.15) is 0 Å². The molecule has 1 aliphatic carbocycles. The van der Waals surface area contributed by atoms with Gasteiger partial charge in [0.15, 0.2) is 0 Å². The molecule has 104 valence electrons. The Morgan fingerprint density at radius 1 is 1.44 bits per heavy atom. The normalized spacial score (nSPS) is 32.3. The number of amides is 1. The van der Waals surface area contributed by atoms with Gasteiger partial charge in [-0.25, -0.2) is 0 Å². The van der Waals surface area contributed by atoms with Crippen molar-refractivity contribution in [1.82, 2.24) is 4.90 Å². The number of carbonyl (C=O) groups excluding carboxylic acids is 1. The second-order valence-corrected chi connectivity index (χ2v) is 6.33. The summed E-state index contributed by atoms with van der Waals surface area (Å²) in [6.45, 7) is 6.94. The molecule has 4 heteroatoms. The molecule has 0 bridgehead atoms. The van der Waals surface area contributed by atoms with E-state index in [0.29, 0.717) is 18.4 Å². The lowest BCUT2D eigenvalue weighted by atomic mass is 9.80. The average molecular weight is 254 g/mol. The van der Waals surface area contributed by atoms with E-state index in [1.54, 1.807) is 0 Å². The van der Waals surface area contributed by atoms with E-state index in [1.807, 2.05) is 4.90 Å². The minimum absolute atomic E-state index is 0.196. The van der Waals surface area contributed by atoms with Crippen molar-refractivity contribution in [3.8, 4) is 0 Å². The fourth-order valence-electron chi connectivity index (χ4n) is 3.19. The fourth-order valence-corrected chi connectivity index (χ4v) is 3.19. The lowest BCUT2D eigenvalue weighted by molar-refractivity contribution is -0.151. The predicted molar refractivity (Wildman–Crippen MR) is 71.1 cm³/mol. The summed E-state index contributed by atoms with van der Waals surface area (Å²) in [7, 11) is 0. The molecule has 1 saturated carbocycles. The summed E-state index contributed by atoms with van der Waals surface area (Å²) in [4.78, 5) is 14.5. The summed E-state index contributed by atoms with van der Waals surface area (Å²) in [5.41, 5.74) is 5.54. The van der Waals surface area contributed by atoms with Crippen LogP contribution in [0, 0.1) is 11.8 Å². The number of hydrogen-bond donors (Lipinski definition) is 1. The Kier molecular flexibility index (Phi) is 4.28. The molecule has 0 spiro atoms. The Bertz CT molecular complexity index is 304. The molecule has 18 heavy (non-hydrogen) atoms. The molecule has 0 aromatic carbocycles. The highest BCUT2D eigenvalue weighted by Crippen LogP contribution is 2.30. The Hall–Kier alpha value is -0.610. The maximum absolute atomic E-state index is 12.5. The predicted octanol–water partition coefficient (Wildman–Crippen LogP) is 1.39. The standard InChI is InChI=1S/C14H26N2O2/c1-14(2)10-16(6-7-18-14)13(17)12-5-3-4-11(8-12)9-15/h11-12H,3-10,15H2,1-2H3. The van der Waals surface area contributed by atoms with Crippen LogP contribution < -0.4 is 5.73 Å². The van der Waals surface area contributed by atoms with Gasteiger partial charge in [-0.15, -0.1) is 0 Å². The topological polar surface area (TPSA) is 55.6 Å². The third-order valence-corrected chi connectivity index (χ3v) is 4.20. The lowest BCUT2D eigenvalue weighted by Crippen LogP contribution is -2.52. The maximum Gasteiger partial charge on any atom is 0.225 e. The minimum Gasteiger partial charge on any atom is -0.372 e. The van der Waals surface area contributed by atoms with Crippen LogP contribution in [0.25, 0.3) is 0 Å². The third kappa shape index (κ3) is 3.23. The van der Waals surface area contributed by atoms with E-state index in [9.17, 15) is 4.79 Å². The summed E-state index contributed by atoms with van der Waals surface area (Å²) in [6.07, 6.45) is 4.35. The summed E-state index contributed by atoms with van der Waals surface area (Å²) < 4.78 is 5.66. The van der Waals surface area contributed by atoms with Crippen molar-refractivity contribution in [3.05, 3.63) is 0 Å². The molecule has 4 nitrogen and oxygen atoms in total. The van der Waals surface area contributed by atoms with E-state index >= 15 is 0 Å². The molecule has 1 saturated heterocycles. The third-order valence-electron chi connectivity index (χ3n) is 4.20. The van der Waals surface area contributed by atoms with Crippen LogP contribution >= 0.6 is 0 Å². The van der Waals surface area contributed by atoms with E-state index < -0.39 is 0 Å². The van der Waals surface area contributed by atoms with E-state index in [4.69, 9.17) is 10.5 Å². The van der Waals surface area contributed by atoms with Crippen molar-refractivity contribution in [3.63, 3.8) is 0 Å². The van der Waals surface area contributed by atoms with Crippen LogP contribution in [0.15, 0.2) is 0 Å². The summed E-state index contributed by atoms with van der Waals surface area (Å²) in [6, 6.07) is 0. The van der Waals surface area contributed by atoms with Crippen LogP contribution in [0.2, 0.25) is 0 Å². The van der Waals surface area contributed by atoms with Crippen molar-refractivity contribution < 1.29 is 9.53 Å². The summed E-state index contributed by atoms with van der Waals surface area (Å²) >= 11 is 0. The second-order valence-electron chi connectivity index (χ2n) is 6.33. The lowest BCUT2D eigenvalue weighted by Gasteiger charge is -2.40. The molecule has 2 atom stereocenters. The van der Waals surface area contributed by atoms with Gasteiger partial charge in [-0.1, -0.05) is 6.42 Å². The number of nitrogens with zero attached hydrogens (tertiary/aromatic N) is 1. The quantitative estimate of drug-likeness (QED) is 0.810. The molecule has 2 unspecified atom stereocenters. The van der Waals surface area contributed by atoms with Crippen LogP contribution in [0.1, 0.15) is 39.5 Å². The van der Waals surface area contributed by atoms with Gasteiger partial charge >= 0.3 is 0 Å².